The molecule has 1 atom stereocenters. The third kappa shape index (κ3) is 3.77. The van der Waals surface area contributed by atoms with Crippen LogP contribution in [0.5, 0.6) is 0 Å². The van der Waals surface area contributed by atoms with E-state index in [1.807, 2.05) is 12.3 Å². The van der Waals surface area contributed by atoms with Crippen LogP contribution in [0.15, 0.2) is 36.5 Å². The molecule has 0 aliphatic carbocycles. The molecule has 2 heteroatoms. The molecule has 0 amide bonds. The van der Waals surface area contributed by atoms with Gasteiger partial charge in [-0.25, -0.2) is 0 Å². The molecule has 1 aromatic heterocycles. The number of hydrogen-bond acceptors (Lipinski definition) is 2. The maximum atomic E-state index is 4.36. The van der Waals surface area contributed by atoms with Crippen molar-refractivity contribution >= 4 is 10.9 Å². The number of aromatic nitrogens is 1. The van der Waals surface area contributed by atoms with Crippen molar-refractivity contribution in [2.45, 2.75) is 39.7 Å². The molecule has 0 fully saturated rings. The molecular formula is C17H24N2. The quantitative estimate of drug-likeness (QED) is 0.850. The summed E-state index contributed by atoms with van der Waals surface area (Å²) < 4.78 is 0. The molecule has 1 unspecified atom stereocenters. The maximum Gasteiger partial charge on any atom is 0.0702 e. The van der Waals surface area contributed by atoms with Gasteiger partial charge in [-0.15, -0.1) is 0 Å². The molecule has 102 valence electrons. The summed E-state index contributed by atoms with van der Waals surface area (Å²) >= 11 is 0. The fourth-order valence-electron chi connectivity index (χ4n) is 2.54. The van der Waals surface area contributed by atoms with Gasteiger partial charge in [0.2, 0.25) is 0 Å². The van der Waals surface area contributed by atoms with Gasteiger partial charge in [0, 0.05) is 17.6 Å². The van der Waals surface area contributed by atoms with Crippen molar-refractivity contribution < 1.29 is 0 Å². The molecule has 0 saturated heterocycles. The Morgan fingerprint density at radius 3 is 2.79 bits per heavy atom. The van der Waals surface area contributed by atoms with E-state index in [2.05, 4.69) is 55.3 Å². The molecule has 2 nitrogen and oxygen atoms in total. The van der Waals surface area contributed by atoms with E-state index in [1.165, 1.54) is 17.4 Å². The third-order valence-electron chi connectivity index (χ3n) is 3.68. The number of rotatable bonds is 6. The summed E-state index contributed by atoms with van der Waals surface area (Å²) in [5.41, 5.74) is 2.49. The third-order valence-corrected chi connectivity index (χ3v) is 3.68. The van der Waals surface area contributed by atoms with Crippen LogP contribution in [0.25, 0.3) is 10.9 Å². The molecule has 0 radical (unpaired) electrons. The highest BCUT2D eigenvalue weighted by Crippen LogP contribution is 2.16. The average Bonchev–Trinajstić information content (AvgIpc) is 2.43. The lowest BCUT2D eigenvalue weighted by atomic mass is 9.96. The Morgan fingerprint density at radius 1 is 1.21 bits per heavy atom. The molecule has 1 heterocycles. The zero-order chi connectivity index (χ0) is 13.7. The first-order chi connectivity index (χ1) is 9.20. The fourth-order valence-corrected chi connectivity index (χ4v) is 2.54. The van der Waals surface area contributed by atoms with Gasteiger partial charge in [-0.05, 0) is 49.1 Å². The number of nitrogens with one attached hydrogen (secondary N) is 1. The van der Waals surface area contributed by atoms with Crippen LogP contribution in [0.1, 0.15) is 32.8 Å². The highest BCUT2D eigenvalue weighted by molar-refractivity contribution is 5.78. The van der Waals surface area contributed by atoms with E-state index in [9.17, 15) is 0 Å². The molecule has 1 N–H and O–H groups in total. The highest BCUT2D eigenvalue weighted by Gasteiger charge is 2.11. The molecule has 0 spiro atoms. The Morgan fingerprint density at radius 2 is 2.05 bits per heavy atom. The Balaban J connectivity index is 2.04. The van der Waals surface area contributed by atoms with E-state index in [-0.39, 0.29) is 0 Å². The van der Waals surface area contributed by atoms with Gasteiger partial charge in [0.05, 0.1) is 5.52 Å². The van der Waals surface area contributed by atoms with Gasteiger partial charge in [-0.1, -0.05) is 32.9 Å². The summed E-state index contributed by atoms with van der Waals surface area (Å²) in [6.07, 6.45) is 4.17. The summed E-state index contributed by atoms with van der Waals surface area (Å²) in [4.78, 5) is 4.36. The Hall–Kier alpha value is -1.41. The lowest BCUT2D eigenvalue weighted by molar-refractivity contribution is 0.385. The van der Waals surface area contributed by atoms with Crippen molar-refractivity contribution in [3.63, 3.8) is 0 Å². The Labute approximate surface area is 116 Å². The lowest BCUT2D eigenvalue weighted by Crippen LogP contribution is -2.34. The van der Waals surface area contributed by atoms with Gasteiger partial charge in [0.1, 0.15) is 0 Å². The monoisotopic (exact) mass is 256 g/mol. The van der Waals surface area contributed by atoms with Crippen LogP contribution in [-0.2, 0) is 6.42 Å². The number of nitrogens with zero attached hydrogens (tertiary/aromatic N) is 1. The number of benzene rings is 1. The van der Waals surface area contributed by atoms with Crippen LogP contribution in [0.4, 0.5) is 0 Å². The van der Waals surface area contributed by atoms with Gasteiger partial charge in [0.15, 0.2) is 0 Å². The van der Waals surface area contributed by atoms with Gasteiger partial charge < -0.3 is 5.32 Å². The second-order valence-corrected chi connectivity index (χ2v) is 5.48. The topological polar surface area (TPSA) is 24.9 Å². The van der Waals surface area contributed by atoms with Crippen molar-refractivity contribution in [3.05, 3.63) is 42.1 Å². The highest BCUT2D eigenvalue weighted by atomic mass is 14.9. The predicted octanol–water partition coefficient (Wildman–Crippen LogP) is 3.80. The van der Waals surface area contributed by atoms with E-state index < -0.39 is 0 Å². The minimum Gasteiger partial charge on any atom is -0.314 e. The summed E-state index contributed by atoms with van der Waals surface area (Å²) in [6, 6.07) is 11.3. The van der Waals surface area contributed by atoms with Gasteiger partial charge in [-0.3, -0.25) is 4.98 Å². The molecule has 0 bridgehead atoms. The first kappa shape index (κ1) is 14.0. The van der Waals surface area contributed by atoms with Gasteiger partial charge in [-0.2, -0.15) is 0 Å². The molecule has 1 aromatic carbocycles. The minimum atomic E-state index is 0.606. The minimum absolute atomic E-state index is 0.606. The van der Waals surface area contributed by atoms with E-state index in [4.69, 9.17) is 0 Å². The Kier molecular flexibility index (Phi) is 4.92. The fraction of sp³-hybridized carbons (Fsp3) is 0.471. The Bertz CT molecular complexity index is 519. The molecule has 2 aromatic rings. The second-order valence-electron chi connectivity index (χ2n) is 5.48. The van der Waals surface area contributed by atoms with E-state index in [0.717, 1.165) is 18.5 Å². The molecule has 0 aliphatic rings. The average molecular weight is 256 g/mol. The molecular weight excluding hydrogens is 232 g/mol. The predicted molar refractivity (Wildman–Crippen MR) is 82.4 cm³/mol. The van der Waals surface area contributed by atoms with Crippen LogP contribution < -0.4 is 5.32 Å². The van der Waals surface area contributed by atoms with Crippen LogP contribution in [-0.4, -0.2) is 17.6 Å². The normalized spacial score (nSPS) is 13.1. The van der Waals surface area contributed by atoms with Crippen LogP contribution >= 0.6 is 0 Å². The van der Waals surface area contributed by atoms with Gasteiger partial charge in [0.25, 0.3) is 0 Å². The largest absolute Gasteiger partial charge is 0.314 e. The SMILES string of the molecule is CCNC(CCc1ccc2ncccc2c1)C(C)C. The van der Waals surface area contributed by atoms with Crippen LogP contribution in [0.2, 0.25) is 0 Å². The van der Waals surface area contributed by atoms with Crippen molar-refractivity contribution in [2.24, 2.45) is 5.92 Å². The zero-order valence-electron chi connectivity index (χ0n) is 12.2. The summed E-state index contributed by atoms with van der Waals surface area (Å²) in [5.74, 6) is 0.682. The second kappa shape index (κ2) is 6.67. The molecule has 19 heavy (non-hydrogen) atoms. The smallest absolute Gasteiger partial charge is 0.0702 e. The number of aryl methyl sites for hydroxylation is 1. The molecule has 0 saturated carbocycles. The first-order valence-electron chi connectivity index (χ1n) is 7.27. The summed E-state index contributed by atoms with van der Waals surface area (Å²) in [5, 5.41) is 4.82. The van der Waals surface area contributed by atoms with Crippen molar-refractivity contribution in [3.8, 4) is 0 Å². The zero-order valence-corrected chi connectivity index (χ0v) is 12.2. The number of fused-ring (bicyclic) bond motifs is 1. The number of hydrogen-bond donors (Lipinski definition) is 1. The van der Waals surface area contributed by atoms with E-state index in [0.29, 0.717) is 12.0 Å². The first-order valence-corrected chi connectivity index (χ1v) is 7.27. The van der Waals surface area contributed by atoms with Crippen molar-refractivity contribution in [1.29, 1.82) is 0 Å². The summed E-state index contributed by atoms with van der Waals surface area (Å²) in [7, 11) is 0. The lowest BCUT2D eigenvalue weighted by Gasteiger charge is -2.21. The van der Waals surface area contributed by atoms with Gasteiger partial charge >= 0.3 is 0 Å². The number of pyridine rings is 1. The van der Waals surface area contributed by atoms with E-state index in [1.54, 1.807) is 0 Å². The van der Waals surface area contributed by atoms with Crippen LogP contribution in [0, 0.1) is 5.92 Å². The summed E-state index contributed by atoms with van der Waals surface area (Å²) in [6.45, 7) is 7.80. The molecule has 2 rings (SSSR count). The van der Waals surface area contributed by atoms with Crippen molar-refractivity contribution in [1.82, 2.24) is 10.3 Å². The van der Waals surface area contributed by atoms with Crippen LogP contribution in [0.3, 0.4) is 0 Å². The molecule has 0 aliphatic heterocycles. The van der Waals surface area contributed by atoms with E-state index >= 15 is 0 Å². The standard InChI is InChI=1S/C17H24N2/c1-4-18-16(13(2)3)9-7-14-8-10-17-15(12-14)6-5-11-19-17/h5-6,8,10-13,16,18H,4,7,9H2,1-3H3. The maximum absolute atomic E-state index is 4.36. The van der Waals surface area contributed by atoms with Crippen molar-refractivity contribution in [2.75, 3.05) is 6.54 Å².